The fraction of sp³-hybridized carbons (Fsp3) is 0. The van der Waals surface area contributed by atoms with E-state index in [0.717, 1.165) is 41.4 Å². The number of hydrogen-bond donors (Lipinski definition) is 0. The number of fused-ring (bicyclic) bond motifs is 6. The van der Waals surface area contributed by atoms with Crippen molar-refractivity contribution >= 4 is 53.3 Å². The molecule has 0 atom stereocenters. The zero-order valence-corrected chi connectivity index (χ0v) is 30.1. The standard InChI is InChI=1S/C51H32N4S/c1-3-17-33(18-4-1)35-21-7-9-24-40(35)49-52-50(54-51(53-49)43-29-15-28-39-37-23-12-14-32-46(37)56-48(39)43)41-25-10-8-22-36(41)38-27-16-31-45-47(38)42-26-11-13-30-44(42)55(45)34-19-5-2-6-20-34/h1-32H/i2D,5D,6D,11D,13D,16D,19D,20D,26D,27D,30D,31D. The van der Waals surface area contributed by atoms with E-state index in [9.17, 15) is 6.85 Å². The molecular weight excluding hydrogens is 701 g/mol. The lowest BCUT2D eigenvalue weighted by atomic mass is 9.94. The molecule has 0 amide bonds. The summed E-state index contributed by atoms with van der Waals surface area (Å²) in [6.45, 7) is 0. The van der Waals surface area contributed by atoms with E-state index in [4.69, 9.17) is 24.5 Å². The summed E-state index contributed by atoms with van der Waals surface area (Å²) in [6, 6.07) is 31.0. The topological polar surface area (TPSA) is 43.6 Å². The van der Waals surface area contributed by atoms with Crippen LogP contribution in [0.4, 0.5) is 0 Å². The molecule has 0 saturated carbocycles. The first-order valence-electron chi connectivity index (χ1n) is 23.8. The first-order chi connectivity index (χ1) is 32.8. The molecule has 3 heterocycles. The van der Waals surface area contributed by atoms with Crippen molar-refractivity contribution in [1.29, 1.82) is 0 Å². The van der Waals surface area contributed by atoms with E-state index < -0.39 is 78.2 Å². The van der Waals surface area contributed by atoms with Gasteiger partial charge >= 0.3 is 0 Å². The molecule has 0 spiro atoms. The molecule has 56 heavy (non-hydrogen) atoms. The molecule has 0 bridgehead atoms. The van der Waals surface area contributed by atoms with Crippen LogP contribution in [-0.2, 0) is 0 Å². The van der Waals surface area contributed by atoms with E-state index in [2.05, 4.69) is 18.2 Å². The molecule has 0 aliphatic rings. The van der Waals surface area contributed by atoms with Crippen LogP contribution in [-0.4, -0.2) is 19.5 Å². The van der Waals surface area contributed by atoms with Gasteiger partial charge in [0.25, 0.3) is 0 Å². The maximum absolute atomic E-state index is 9.61. The third kappa shape index (κ3) is 5.24. The minimum absolute atomic E-state index is 0.0162. The largest absolute Gasteiger partial charge is 0.309 e. The fourth-order valence-electron chi connectivity index (χ4n) is 7.46. The Labute approximate surface area is 344 Å². The van der Waals surface area contributed by atoms with Crippen LogP contribution >= 0.6 is 11.3 Å². The Hall–Kier alpha value is -7.21. The van der Waals surface area contributed by atoms with Gasteiger partial charge in [0.05, 0.1) is 27.5 Å². The Morgan fingerprint density at radius 3 is 1.80 bits per heavy atom. The summed E-state index contributed by atoms with van der Waals surface area (Å²) >= 11 is 1.61. The van der Waals surface area contributed by atoms with Gasteiger partial charge in [-0.25, -0.2) is 15.0 Å². The second kappa shape index (κ2) is 13.3. The maximum atomic E-state index is 9.61. The van der Waals surface area contributed by atoms with Gasteiger partial charge in [-0.2, -0.15) is 0 Å². The predicted molar refractivity (Wildman–Crippen MR) is 234 cm³/mol. The van der Waals surface area contributed by atoms with Crippen LogP contribution < -0.4 is 0 Å². The van der Waals surface area contributed by atoms with E-state index in [-0.39, 0.29) is 38.8 Å². The van der Waals surface area contributed by atoms with Gasteiger partial charge in [-0.15, -0.1) is 11.3 Å². The van der Waals surface area contributed by atoms with Crippen LogP contribution in [0.25, 0.3) is 104 Å². The minimum Gasteiger partial charge on any atom is -0.309 e. The lowest BCUT2D eigenvalue weighted by Crippen LogP contribution is -2.02. The second-order valence-corrected chi connectivity index (χ2v) is 14.1. The van der Waals surface area contributed by atoms with Gasteiger partial charge in [0.2, 0.25) is 0 Å². The van der Waals surface area contributed by atoms with Crippen LogP contribution in [0.15, 0.2) is 194 Å². The third-order valence-corrected chi connectivity index (χ3v) is 11.1. The van der Waals surface area contributed by atoms with Gasteiger partial charge in [0.15, 0.2) is 17.5 Å². The van der Waals surface area contributed by atoms with Crippen LogP contribution in [0, 0.1) is 0 Å². The molecule has 262 valence electrons. The molecule has 11 aromatic rings. The summed E-state index contributed by atoms with van der Waals surface area (Å²) in [5.74, 6) is 0.862. The monoisotopic (exact) mass is 744 g/mol. The molecule has 5 heteroatoms. The lowest BCUT2D eigenvalue weighted by molar-refractivity contribution is 1.08. The maximum Gasteiger partial charge on any atom is 0.165 e. The highest BCUT2D eigenvalue weighted by molar-refractivity contribution is 7.26. The number of rotatable bonds is 6. The highest BCUT2D eigenvalue weighted by Gasteiger charge is 2.22. The Morgan fingerprint density at radius 2 is 1.00 bits per heavy atom. The fourth-order valence-corrected chi connectivity index (χ4v) is 8.67. The zero-order chi connectivity index (χ0) is 47.4. The summed E-state index contributed by atoms with van der Waals surface area (Å²) in [4.78, 5) is 15.5. The molecule has 3 aromatic heterocycles. The van der Waals surface area contributed by atoms with Gasteiger partial charge in [0, 0.05) is 53.3 Å². The summed E-state index contributed by atoms with van der Waals surface area (Å²) in [7, 11) is 0. The van der Waals surface area contributed by atoms with Gasteiger partial charge in [-0.05, 0) is 58.6 Å². The Kier molecular flexibility index (Phi) is 5.27. The summed E-state index contributed by atoms with van der Waals surface area (Å²) in [5.41, 5.74) is 2.83. The van der Waals surface area contributed by atoms with Crippen LogP contribution in [0.5, 0.6) is 0 Å². The number of benzene rings is 8. The SMILES string of the molecule is [2H]c1c([2H])c([2H])c(-n2c3c([2H])c([2H])c([2H])c([2H])c3c3c(-c4ccccc4-c4nc(-c5ccccc5-c5ccccc5)nc(-c5cccc6c5sc5ccccc56)n4)c([2H])c([2H])c([2H])c32)c([2H])c1[2H]. The third-order valence-electron chi connectivity index (χ3n) is 9.90. The van der Waals surface area contributed by atoms with Crippen LogP contribution in [0.2, 0.25) is 0 Å². The van der Waals surface area contributed by atoms with Gasteiger partial charge < -0.3 is 4.57 Å². The highest BCUT2D eigenvalue weighted by Crippen LogP contribution is 2.43. The lowest BCUT2D eigenvalue weighted by Gasteiger charge is -2.15. The van der Waals surface area contributed by atoms with E-state index >= 15 is 0 Å². The molecular formula is C51H32N4S. The van der Waals surface area contributed by atoms with Gasteiger partial charge in [-0.1, -0.05) is 158 Å². The molecule has 11 rings (SSSR count). The number of para-hydroxylation sites is 2. The molecule has 0 radical (unpaired) electrons. The van der Waals surface area contributed by atoms with Crippen molar-refractivity contribution in [3.8, 4) is 62.1 Å². The Morgan fingerprint density at radius 1 is 0.411 bits per heavy atom. The van der Waals surface area contributed by atoms with Crippen molar-refractivity contribution in [2.75, 3.05) is 0 Å². The first-order valence-corrected chi connectivity index (χ1v) is 18.6. The molecule has 8 aromatic carbocycles. The number of thiophene rings is 1. The van der Waals surface area contributed by atoms with E-state index in [1.54, 1.807) is 35.6 Å². The van der Waals surface area contributed by atoms with E-state index in [0.29, 0.717) is 22.8 Å². The van der Waals surface area contributed by atoms with E-state index in [1.165, 1.54) is 0 Å². The Bertz CT molecular complexity index is 3940. The van der Waals surface area contributed by atoms with Gasteiger partial charge in [-0.3, -0.25) is 0 Å². The molecule has 0 aliphatic heterocycles. The summed E-state index contributed by atoms with van der Waals surface area (Å²) < 4.78 is 111. The average Bonchev–Trinajstić information content (AvgIpc) is 3.93. The quantitative estimate of drug-likeness (QED) is 0.170. The van der Waals surface area contributed by atoms with Crippen LogP contribution in [0.1, 0.15) is 16.4 Å². The molecule has 0 fully saturated rings. The number of hydrogen-bond acceptors (Lipinski definition) is 4. The van der Waals surface area contributed by atoms with Gasteiger partial charge in [0.1, 0.15) is 0 Å². The summed E-state index contributed by atoms with van der Waals surface area (Å²) in [6.07, 6.45) is 0. The molecule has 0 saturated heterocycles. The molecule has 0 N–H and O–H groups in total. The average molecular weight is 745 g/mol. The normalized spacial score (nSPS) is 14.6. The smallest absolute Gasteiger partial charge is 0.165 e. The zero-order valence-electron chi connectivity index (χ0n) is 41.2. The Balaban J connectivity index is 1.27. The van der Waals surface area contributed by atoms with Crippen molar-refractivity contribution < 1.29 is 16.4 Å². The summed E-state index contributed by atoms with van der Waals surface area (Å²) in [5, 5.41) is 1.88. The molecule has 0 unspecified atom stereocenters. The van der Waals surface area contributed by atoms with Crippen molar-refractivity contribution in [3.63, 3.8) is 0 Å². The van der Waals surface area contributed by atoms with E-state index in [1.807, 2.05) is 78.9 Å². The van der Waals surface area contributed by atoms with Crippen molar-refractivity contribution in [1.82, 2.24) is 19.5 Å². The van der Waals surface area contributed by atoms with Crippen molar-refractivity contribution in [2.45, 2.75) is 0 Å². The second-order valence-electron chi connectivity index (χ2n) is 13.1. The molecule has 0 aliphatic carbocycles. The predicted octanol–water partition coefficient (Wildman–Crippen LogP) is 13.7. The number of aromatic nitrogens is 4. The highest BCUT2D eigenvalue weighted by atomic mass is 32.1. The minimum atomic E-state index is -0.709. The number of nitrogens with zero attached hydrogens (tertiary/aromatic N) is 4. The van der Waals surface area contributed by atoms with Crippen LogP contribution in [0.3, 0.4) is 0 Å². The first kappa shape index (κ1) is 22.2. The molecule has 4 nitrogen and oxygen atoms in total. The van der Waals surface area contributed by atoms with Crippen molar-refractivity contribution in [3.05, 3.63) is 194 Å². The van der Waals surface area contributed by atoms with Crippen molar-refractivity contribution in [2.24, 2.45) is 0 Å².